The normalized spacial score (nSPS) is 17.4. The molecule has 1 saturated heterocycles. The van der Waals surface area contributed by atoms with Crippen molar-refractivity contribution in [2.75, 3.05) is 18.8 Å². The lowest BCUT2D eigenvalue weighted by Crippen LogP contribution is -2.42. The van der Waals surface area contributed by atoms with Crippen LogP contribution in [0.3, 0.4) is 0 Å². The van der Waals surface area contributed by atoms with Crippen LogP contribution in [0, 0.1) is 18.6 Å². The number of benzene rings is 2. The van der Waals surface area contributed by atoms with Crippen LogP contribution >= 0.6 is 0 Å². The second kappa shape index (κ2) is 9.84. The maximum absolute atomic E-state index is 14.8. The summed E-state index contributed by atoms with van der Waals surface area (Å²) in [5, 5.41) is 6.42. The van der Waals surface area contributed by atoms with Gasteiger partial charge in [0.25, 0.3) is 11.8 Å². The fourth-order valence-corrected chi connectivity index (χ4v) is 4.64. The van der Waals surface area contributed by atoms with Gasteiger partial charge in [-0.2, -0.15) is 18.3 Å². The van der Waals surface area contributed by atoms with Crippen LogP contribution in [0.2, 0.25) is 0 Å². The highest BCUT2D eigenvalue weighted by molar-refractivity contribution is 5.98. The molecule has 2 atom stereocenters. The second-order valence-electron chi connectivity index (χ2n) is 9.31. The number of amides is 2. The van der Waals surface area contributed by atoms with Gasteiger partial charge in [0.2, 0.25) is 0 Å². The molecular formula is C26H20F6N6O2. The Morgan fingerprint density at radius 2 is 1.80 bits per heavy atom. The number of carbonyl (C=O) groups excluding carboxylic acids is 2. The van der Waals surface area contributed by atoms with Gasteiger partial charge in [0.1, 0.15) is 18.0 Å². The zero-order valence-electron chi connectivity index (χ0n) is 20.6. The van der Waals surface area contributed by atoms with Gasteiger partial charge in [-0.15, -0.1) is 0 Å². The van der Waals surface area contributed by atoms with Crippen molar-refractivity contribution in [1.29, 1.82) is 0 Å². The van der Waals surface area contributed by atoms with Gasteiger partial charge >= 0.3 is 6.18 Å². The number of nitrogen functional groups attached to an aromatic ring is 1. The number of alkyl halides is 4. The molecule has 2 aromatic carbocycles. The van der Waals surface area contributed by atoms with Crippen molar-refractivity contribution in [1.82, 2.24) is 24.8 Å². The number of rotatable bonds is 4. The van der Waals surface area contributed by atoms with Crippen molar-refractivity contribution >= 4 is 23.1 Å². The molecule has 0 spiro atoms. The van der Waals surface area contributed by atoms with E-state index in [-0.39, 0.29) is 41.3 Å². The lowest BCUT2D eigenvalue weighted by atomic mass is 10.0. The summed E-state index contributed by atoms with van der Waals surface area (Å²) < 4.78 is 83.7. The van der Waals surface area contributed by atoms with Crippen LogP contribution in [0.25, 0.3) is 16.8 Å². The molecule has 0 aliphatic carbocycles. The van der Waals surface area contributed by atoms with E-state index in [4.69, 9.17) is 5.73 Å². The lowest BCUT2D eigenvalue weighted by molar-refractivity contribution is -0.136. The molecule has 40 heavy (non-hydrogen) atoms. The highest BCUT2D eigenvalue weighted by atomic mass is 19.4. The van der Waals surface area contributed by atoms with Crippen LogP contribution < -0.4 is 11.1 Å². The Hall–Kier alpha value is -4.62. The monoisotopic (exact) mass is 562 g/mol. The summed E-state index contributed by atoms with van der Waals surface area (Å²) in [6.07, 6.45) is -5.41. The Balaban J connectivity index is 1.40. The number of hydrogen-bond acceptors (Lipinski definition) is 5. The Labute approximate surface area is 222 Å². The third-order valence-corrected chi connectivity index (χ3v) is 6.68. The topological polar surface area (TPSA) is 106 Å². The number of aryl methyl sites for hydroxylation is 1. The van der Waals surface area contributed by atoms with Crippen molar-refractivity contribution in [2.45, 2.75) is 25.3 Å². The molecule has 0 saturated carbocycles. The molecule has 5 rings (SSSR count). The molecular weight excluding hydrogens is 542 g/mol. The van der Waals surface area contributed by atoms with E-state index < -0.39 is 52.9 Å². The smallest absolute Gasteiger partial charge is 0.382 e. The van der Waals surface area contributed by atoms with Crippen molar-refractivity contribution in [3.63, 3.8) is 0 Å². The number of anilines is 1. The van der Waals surface area contributed by atoms with E-state index in [1.165, 1.54) is 18.2 Å². The standard InChI is InChI=1S/C26H20F6N6O2/c1-12-2-3-13(21-8-16(26(30,31)32)22-23(33)34-11-35-38(21)22)6-15(12)24(39)36-20-10-37(9-19(20)29)25(40)14-4-5-17(27)18(28)7-14/h2-8,11,19-20H,9-10H2,1H3,(H,36,39)(H2,33,34,35)/t19-,20+/m0/s1. The molecule has 3 heterocycles. The maximum Gasteiger partial charge on any atom is 0.418 e. The first-order valence-electron chi connectivity index (χ1n) is 11.8. The van der Waals surface area contributed by atoms with E-state index in [0.29, 0.717) is 11.6 Å². The molecule has 1 aliphatic heterocycles. The molecule has 3 N–H and O–H groups in total. The van der Waals surface area contributed by atoms with Crippen LogP contribution in [0.5, 0.6) is 0 Å². The van der Waals surface area contributed by atoms with Gasteiger partial charge in [0.15, 0.2) is 17.5 Å². The predicted octanol–water partition coefficient (Wildman–Crippen LogP) is 4.18. The molecule has 4 aromatic rings. The minimum absolute atomic E-state index is 0.00184. The van der Waals surface area contributed by atoms with Gasteiger partial charge in [-0.25, -0.2) is 22.7 Å². The summed E-state index contributed by atoms with van der Waals surface area (Å²) in [4.78, 5) is 30.5. The van der Waals surface area contributed by atoms with Crippen molar-refractivity contribution in [3.05, 3.63) is 82.7 Å². The molecule has 0 radical (unpaired) electrons. The highest BCUT2D eigenvalue weighted by Gasteiger charge is 2.38. The molecule has 8 nitrogen and oxygen atoms in total. The van der Waals surface area contributed by atoms with Gasteiger partial charge in [-0.3, -0.25) is 9.59 Å². The molecule has 2 amide bonds. The Morgan fingerprint density at radius 1 is 1.05 bits per heavy atom. The Bertz CT molecular complexity index is 1650. The number of nitrogens with one attached hydrogen (secondary N) is 1. The van der Waals surface area contributed by atoms with Crippen molar-refractivity contribution in [3.8, 4) is 11.3 Å². The molecule has 2 aromatic heterocycles. The predicted molar refractivity (Wildman–Crippen MR) is 131 cm³/mol. The number of halogens is 6. The van der Waals surface area contributed by atoms with E-state index in [0.717, 1.165) is 33.9 Å². The van der Waals surface area contributed by atoms with Crippen LogP contribution in [0.15, 0.2) is 48.8 Å². The van der Waals surface area contributed by atoms with Gasteiger partial charge in [0, 0.05) is 23.2 Å². The van der Waals surface area contributed by atoms with Crippen molar-refractivity contribution in [2.24, 2.45) is 0 Å². The minimum atomic E-state index is -4.76. The number of hydrogen-bond donors (Lipinski definition) is 2. The number of fused-ring (bicyclic) bond motifs is 1. The summed E-state index contributed by atoms with van der Waals surface area (Å²) >= 11 is 0. The number of likely N-dealkylation sites (tertiary alicyclic amines) is 1. The highest BCUT2D eigenvalue weighted by Crippen LogP contribution is 2.38. The summed E-state index contributed by atoms with van der Waals surface area (Å²) in [7, 11) is 0. The quantitative estimate of drug-likeness (QED) is 0.363. The summed E-state index contributed by atoms with van der Waals surface area (Å²) in [5.41, 5.74) is 4.75. The number of nitrogens with zero attached hydrogens (tertiary/aromatic N) is 4. The third-order valence-electron chi connectivity index (χ3n) is 6.68. The maximum atomic E-state index is 14.8. The largest absolute Gasteiger partial charge is 0.418 e. The summed E-state index contributed by atoms with van der Waals surface area (Å²) in [5.74, 6) is -4.20. The summed E-state index contributed by atoms with van der Waals surface area (Å²) in [6.45, 7) is 0.966. The van der Waals surface area contributed by atoms with E-state index in [9.17, 15) is 35.9 Å². The SMILES string of the molecule is Cc1ccc(-c2cc(C(F)(F)F)c3c(N)ncnn23)cc1C(=O)N[C@@H]1CN(C(=O)c2ccc(F)c(F)c2)C[C@@H]1F. The van der Waals surface area contributed by atoms with Crippen LogP contribution in [0.1, 0.15) is 31.8 Å². The molecule has 0 bridgehead atoms. The van der Waals surface area contributed by atoms with Gasteiger partial charge in [-0.1, -0.05) is 12.1 Å². The lowest BCUT2D eigenvalue weighted by Gasteiger charge is -2.18. The minimum Gasteiger partial charge on any atom is -0.382 e. The number of aromatic nitrogens is 3. The third kappa shape index (κ3) is 4.80. The molecule has 1 aliphatic rings. The fraction of sp³-hybridized carbons (Fsp3) is 0.231. The van der Waals surface area contributed by atoms with Crippen LogP contribution in [-0.2, 0) is 6.18 Å². The van der Waals surface area contributed by atoms with E-state index >= 15 is 0 Å². The molecule has 208 valence electrons. The first-order valence-corrected chi connectivity index (χ1v) is 11.8. The number of nitrogens with two attached hydrogens (primary N) is 1. The van der Waals surface area contributed by atoms with E-state index in [1.807, 2.05) is 0 Å². The van der Waals surface area contributed by atoms with E-state index in [2.05, 4.69) is 15.4 Å². The van der Waals surface area contributed by atoms with Crippen LogP contribution in [0.4, 0.5) is 32.2 Å². The Morgan fingerprint density at radius 3 is 2.50 bits per heavy atom. The summed E-state index contributed by atoms with van der Waals surface area (Å²) in [6, 6.07) is 6.66. The van der Waals surface area contributed by atoms with Crippen LogP contribution in [-0.4, -0.2) is 56.6 Å². The first kappa shape index (κ1) is 27.0. The number of carbonyl (C=O) groups is 2. The molecule has 0 unspecified atom stereocenters. The molecule has 14 heteroatoms. The van der Waals surface area contributed by atoms with E-state index in [1.54, 1.807) is 6.92 Å². The van der Waals surface area contributed by atoms with Gasteiger partial charge < -0.3 is 16.0 Å². The zero-order chi connectivity index (χ0) is 28.9. The molecule has 1 fully saturated rings. The fourth-order valence-electron chi connectivity index (χ4n) is 4.64. The average Bonchev–Trinajstić information content (AvgIpc) is 3.47. The average molecular weight is 562 g/mol. The Kier molecular flexibility index (Phi) is 6.64. The second-order valence-corrected chi connectivity index (χ2v) is 9.31. The van der Waals surface area contributed by atoms with Crippen molar-refractivity contribution < 1.29 is 35.9 Å². The first-order chi connectivity index (χ1) is 18.8. The van der Waals surface area contributed by atoms with Gasteiger partial charge in [0.05, 0.1) is 23.8 Å². The zero-order valence-corrected chi connectivity index (χ0v) is 20.6. The van der Waals surface area contributed by atoms with Gasteiger partial charge in [-0.05, 0) is 42.8 Å².